The number of aromatic nitrogens is 1. The lowest BCUT2D eigenvalue weighted by atomic mass is 10.2. The third-order valence-corrected chi connectivity index (χ3v) is 5.30. The number of thiazole rings is 1. The highest BCUT2D eigenvalue weighted by atomic mass is 35.5. The summed E-state index contributed by atoms with van der Waals surface area (Å²) in [5.41, 5.74) is 7.32. The lowest BCUT2D eigenvalue weighted by Gasteiger charge is -2.46. The van der Waals surface area contributed by atoms with Crippen LogP contribution in [0.5, 0.6) is 0 Å². The summed E-state index contributed by atoms with van der Waals surface area (Å²) in [4.78, 5) is 21.4. The van der Waals surface area contributed by atoms with E-state index in [1.165, 1.54) is 11.3 Å². The minimum atomic E-state index is -1.77. The van der Waals surface area contributed by atoms with Gasteiger partial charge in [0.15, 0.2) is 4.47 Å². The molecular weight excluding hydrogens is 364 g/mol. The first-order chi connectivity index (χ1) is 11.9. The summed E-state index contributed by atoms with van der Waals surface area (Å²) in [7, 11) is 1.66. The van der Waals surface area contributed by atoms with E-state index in [-0.39, 0.29) is 0 Å². The lowest BCUT2D eigenvalue weighted by molar-refractivity contribution is -0.642. The predicted molar refractivity (Wildman–Crippen MR) is 96.1 cm³/mol. The van der Waals surface area contributed by atoms with Gasteiger partial charge in [0.05, 0.1) is 18.3 Å². The van der Waals surface area contributed by atoms with E-state index in [2.05, 4.69) is 9.88 Å². The second-order valence-electron chi connectivity index (χ2n) is 6.02. The van der Waals surface area contributed by atoms with Crippen molar-refractivity contribution in [3.05, 3.63) is 61.6 Å². The topological polar surface area (TPSA) is 91.8 Å². The molecule has 2 N–H and O–H groups in total. The van der Waals surface area contributed by atoms with Crippen molar-refractivity contribution in [1.29, 1.82) is 0 Å². The van der Waals surface area contributed by atoms with Crippen LogP contribution in [0.15, 0.2) is 36.5 Å². The van der Waals surface area contributed by atoms with Gasteiger partial charge in [-0.25, -0.2) is 10.7 Å². The van der Waals surface area contributed by atoms with Crippen molar-refractivity contribution in [2.75, 3.05) is 20.4 Å². The Morgan fingerprint density at radius 3 is 2.68 bits per heavy atom. The Balaban J connectivity index is 1.82. The van der Waals surface area contributed by atoms with Crippen LogP contribution in [0.1, 0.15) is 10.4 Å². The minimum Gasteiger partial charge on any atom is -0.273 e. The van der Waals surface area contributed by atoms with Gasteiger partial charge in [-0.15, -0.1) is 11.3 Å². The summed E-state index contributed by atoms with van der Waals surface area (Å²) in [5, 5.41) is 11.7. The molecule has 25 heavy (non-hydrogen) atoms. The Morgan fingerprint density at radius 1 is 1.36 bits per heavy atom. The molecule has 2 heterocycles. The zero-order valence-electron chi connectivity index (χ0n) is 13.7. The van der Waals surface area contributed by atoms with Crippen LogP contribution in [-0.2, 0) is 13.1 Å². The fourth-order valence-corrected chi connectivity index (χ4v) is 3.94. The van der Waals surface area contributed by atoms with Gasteiger partial charge in [-0.1, -0.05) is 41.9 Å². The van der Waals surface area contributed by atoms with Gasteiger partial charge in [0.25, 0.3) is 0 Å². The van der Waals surface area contributed by atoms with Crippen LogP contribution in [-0.4, -0.2) is 50.9 Å². The summed E-state index contributed by atoms with van der Waals surface area (Å²) >= 11 is 7.18. The maximum Gasteiger partial charge on any atom is 0.399 e. The van der Waals surface area contributed by atoms with E-state index in [1.54, 1.807) is 23.0 Å². The molecule has 0 radical (unpaired) electrons. The minimum absolute atomic E-state index is 0.303. The van der Waals surface area contributed by atoms with Crippen molar-refractivity contribution in [3.63, 3.8) is 0 Å². The number of hydrogen-bond donors (Lipinski definition) is 1. The van der Waals surface area contributed by atoms with E-state index in [1.807, 2.05) is 30.3 Å². The fourth-order valence-electron chi connectivity index (χ4n) is 2.94. The second-order valence-corrected chi connectivity index (χ2v) is 7.71. The van der Waals surface area contributed by atoms with E-state index < -0.39 is 10.8 Å². The number of rotatable bonds is 5. The first-order valence-electron chi connectivity index (χ1n) is 7.65. The first-order valence-corrected chi connectivity index (χ1v) is 8.85. The monoisotopic (exact) mass is 382 g/mol. The van der Waals surface area contributed by atoms with Crippen molar-refractivity contribution < 1.29 is 4.92 Å². The van der Waals surface area contributed by atoms with Gasteiger partial charge in [0.2, 0.25) is 0 Å². The van der Waals surface area contributed by atoms with E-state index in [4.69, 9.17) is 17.3 Å². The number of benzene rings is 1. The van der Waals surface area contributed by atoms with E-state index in [9.17, 15) is 10.1 Å². The summed E-state index contributed by atoms with van der Waals surface area (Å²) < 4.78 is 0.408. The Bertz CT molecular complexity index is 745. The third-order valence-electron chi connectivity index (χ3n) is 4.20. The molecule has 1 atom stereocenters. The third kappa shape index (κ3) is 3.81. The molecule has 3 rings (SSSR count). The van der Waals surface area contributed by atoms with E-state index in [0.717, 1.165) is 10.4 Å². The normalized spacial score (nSPS) is 23.0. The Kier molecular flexibility index (Phi) is 5.32. The summed E-state index contributed by atoms with van der Waals surface area (Å²) in [6.07, 6.45) is 1.63. The first kappa shape index (κ1) is 18.2. The number of halogens is 1. The summed E-state index contributed by atoms with van der Waals surface area (Å²) in [5.74, 6) is -1.77. The molecule has 1 fully saturated rings. The smallest absolute Gasteiger partial charge is 0.273 e. The van der Waals surface area contributed by atoms with Crippen molar-refractivity contribution in [3.8, 4) is 0 Å². The molecule has 0 aliphatic carbocycles. The Morgan fingerprint density at radius 2 is 2.08 bits per heavy atom. The Labute approximate surface area is 154 Å². The summed E-state index contributed by atoms with van der Waals surface area (Å²) in [6.45, 7) is 1.75. The van der Waals surface area contributed by atoms with Gasteiger partial charge in [-0.05, 0) is 12.6 Å². The molecule has 1 aliphatic heterocycles. The van der Waals surface area contributed by atoms with Crippen molar-refractivity contribution >= 4 is 22.9 Å². The predicted octanol–water partition coefficient (Wildman–Crippen LogP) is 1.81. The molecule has 8 nitrogen and oxygen atoms in total. The van der Waals surface area contributed by atoms with Crippen LogP contribution in [0.25, 0.3) is 0 Å². The van der Waals surface area contributed by atoms with Crippen molar-refractivity contribution in [1.82, 2.24) is 19.7 Å². The van der Waals surface area contributed by atoms with Crippen molar-refractivity contribution in [2.45, 2.75) is 19.0 Å². The molecule has 0 amide bonds. The van der Waals surface area contributed by atoms with Crippen LogP contribution in [0.4, 0.5) is 0 Å². The molecule has 1 saturated heterocycles. The number of nitrogens with two attached hydrogens (primary N) is 1. The summed E-state index contributed by atoms with van der Waals surface area (Å²) in [6, 6.07) is 9.98. The molecule has 0 saturated carbocycles. The van der Waals surface area contributed by atoms with Crippen LogP contribution < -0.4 is 5.73 Å². The zero-order chi connectivity index (χ0) is 18.0. The molecule has 134 valence electrons. The molecule has 0 spiro atoms. The standard InChI is InChI=1S/C15H19ClN6O2S/c1-19-10-20(8-12-5-3-2-4-6-12)11-21(15(19,17)22(23)24)9-13-7-18-14(16)25-13/h2-7H,8-11,17H2,1H3. The lowest BCUT2D eigenvalue weighted by Crippen LogP contribution is -2.76. The molecule has 2 aromatic rings. The highest BCUT2D eigenvalue weighted by molar-refractivity contribution is 7.15. The van der Waals surface area contributed by atoms with Gasteiger partial charge >= 0.3 is 5.91 Å². The van der Waals surface area contributed by atoms with E-state index >= 15 is 0 Å². The maximum atomic E-state index is 11.7. The molecule has 1 unspecified atom stereocenters. The quantitative estimate of drug-likeness (QED) is 0.479. The van der Waals surface area contributed by atoms with Gasteiger partial charge < -0.3 is 0 Å². The fraction of sp³-hybridized carbons (Fsp3) is 0.400. The SMILES string of the molecule is CN1CN(Cc2ccccc2)CN(Cc2cnc(Cl)s2)C1(N)[N+](=O)[O-]. The van der Waals surface area contributed by atoms with Crippen LogP contribution in [0.3, 0.4) is 0 Å². The van der Waals surface area contributed by atoms with Crippen LogP contribution in [0.2, 0.25) is 4.47 Å². The van der Waals surface area contributed by atoms with Gasteiger partial charge in [0, 0.05) is 24.2 Å². The molecule has 1 aromatic carbocycles. The van der Waals surface area contributed by atoms with Crippen molar-refractivity contribution in [2.24, 2.45) is 5.73 Å². The molecular formula is C15H19ClN6O2S. The molecule has 1 aliphatic rings. The largest absolute Gasteiger partial charge is 0.399 e. The zero-order valence-corrected chi connectivity index (χ0v) is 15.3. The number of nitrogens with zero attached hydrogens (tertiary/aromatic N) is 5. The second kappa shape index (κ2) is 7.32. The maximum absolute atomic E-state index is 11.7. The molecule has 10 heteroatoms. The Hall–Kier alpha value is -1.62. The highest BCUT2D eigenvalue weighted by Gasteiger charge is 2.53. The average Bonchev–Trinajstić information content (AvgIpc) is 2.98. The van der Waals surface area contributed by atoms with E-state index in [0.29, 0.717) is 30.9 Å². The number of nitro groups is 1. The number of hydrogen-bond acceptors (Lipinski definition) is 8. The average molecular weight is 383 g/mol. The molecule has 1 aromatic heterocycles. The molecule has 0 bridgehead atoms. The van der Waals surface area contributed by atoms with Crippen LogP contribution >= 0.6 is 22.9 Å². The van der Waals surface area contributed by atoms with Gasteiger partial charge in [0.1, 0.15) is 0 Å². The van der Waals surface area contributed by atoms with Crippen LogP contribution in [0, 0.1) is 10.1 Å². The van der Waals surface area contributed by atoms with Gasteiger partial charge in [-0.3, -0.25) is 15.0 Å². The highest BCUT2D eigenvalue weighted by Crippen LogP contribution is 2.27. The van der Waals surface area contributed by atoms with Gasteiger partial charge in [-0.2, -0.15) is 9.80 Å².